The summed E-state index contributed by atoms with van der Waals surface area (Å²) in [5, 5.41) is 33.8. The molecule has 0 fully saturated rings. The van der Waals surface area contributed by atoms with Crippen LogP contribution < -0.4 is 18.9 Å². The van der Waals surface area contributed by atoms with E-state index in [0.29, 0.717) is 69.7 Å². The number of carbonyl (C=O) groups excluding carboxylic acids is 3. The number of benzene rings is 4. The number of fused-ring (bicyclic) bond motifs is 8. The summed E-state index contributed by atoms with van der Waals surface area (Å²) in [6, 6.07) is 15.2. The van der Waals surface area contributed by atoms with E-state index >= 15 is 0 Å². The lowest BCUT2D eigenvalue weighted by molar-refractivity contribution is -0.385. The second-order valence-corrected chi connectivity index (χ2v) is 15.7. The molecule has 17 nitrogen and oxygen atoms in total. The van der Waals surface area contributed by atoms with E-state index < -0.39 is 45.6 Å². The van der Waals surface area contributed by atoms with Crippen LogP contribution in [-0.4, -0.2) is 85.7 Å². The SMILES string of the molecule is O=C(O)[C@@H]1c2ccc([N+](=O)[O-])cc2C(=O)N(CCCBr)[C@@H]1c1ccc2c(c1)OCO2.O=C1c2cc3c(cc2[C@@H]2[C@H]1c1ccc([N+](=O)[O-])cc1C(=O)N2CCCBr)OCO3. The lowest BCUT2D eigenvalue weighted by Crippen LogP contribution is -2.45. The maximum Gasteiger partial charge on any atom is 0.313 e. The zero-order valence-corrected chi connectivity index (χ0v) is 33.9. The maximum atomic E-state index is 13.4. The molecule has 0 saturated heterocycles. The summed E-state index contributed by atoms with van der Waals surface area (Å²) in [6.45, 7) is 0.882. The van der Waals surface area contributed by atoms with Crippen LogP contribution >= 0.6 is 31.9 Å². The average molecular weight is 937 g/mol. The number of hydrogen-bond donors (Lipinski definition) is 1. The first-order valence-corrected chi connectivity index (χ1v) is 20.6. The number of Topliss-reactive ketones (excluding diaryl/α,β-unsaturated/α-hetero) is 1. The van der Waals surface area contributed by atoms with Gasteiger partial charge in [-0.1, -0.05) is 50.1 Å². The number of ketones is 1. The first-order chi connectivity index (χ1) is 28.4. The van der Waals surface area contributed by atoms with Gasteiger partial charge < -0.3 is 33.9 Å². The van der Waals surface area contributed by atoms with Crippen LogP contribution in [0.3, 0.4) is 0 Å². The van der Waals surface area contributed by atoms with Crippen molar-refractivity contribution in [2.45, 2.75) is 36.8 Å². The summed E-state index contributed by atoms with van der Waals surface area (Å²) in [5.41, 5.74) is 2.47. The van der Waals surface area contributed by atoms with Crippen molar-refractivity contribution in [1.82, 2.24) is 9.80 Å². The highest BCUT2D eigenvalue weighted by Crippen LogP contribution is 2.53. The Morgan fingerprint density at radius 1 is 0.661 bits per heavy atom. The van der Waals surface area contributed by atoms with Crippen molar-refractivity contribution in [3.8, 4) is 23.0 Å². The Morgan fingerprint density at radius 3 is 1.76 bits per heavy atom. The van der Waals surface area contributed by atoms with E-state index in [1.54, 1.807) is 35.2 Å². The van der Waals surface area contributed by atoms with Crippen molar-refractivity contribution in [2.75, 3.05) is 37.3 Å². The number of halogens is 2. The van der Waals surface area contributed by atoms with E-state index in [1.165, 1.54) is 35.2 Å². The molecule has 59 heavy (non-hydrogen) atoms. The fourth-order valence-electron chi connectivity index (χ4n) is 8.39. The zero-order valence-electron chi connectivity index (χ0n) is 30.7. The number of nitrogens with zero attached hydrogens (tertiary/aromatic N) is 4. The van der Waals surface area contributed by atoms with Crippen molar-refractivity contribution < 1.29 is 53.1 Å². The number of nitro groups is 2. The molecule has 19 heteroatoms. The van der Waals surface area contributed by atoms with Crippen LogP contribution in [0.1, 0.15) is 90.1 Å². The quantitative estimate of drug-likeness (QED) is 0.0958. The monoisotopic (exact) mass is 934 g/mol. The van der Waals surface area contributed by atoms with E-state index in [2.05, 4.69) is 31.9 Å². The molecular formula is C40H32Br2N4O13. The highest BCUT2D eigenvalue weighted by Gasteiger charge is 2.51. The molecule has 0 radical (unpaired) electrons. The zero-order chi connectivity index (χ0) is 41.7. The minimum Gasteiger partial charge on any atom is -0.481 e. The average Bonchev–Trinajstić information content (AvgIpc) is 3.97. The van der Waals surface area contributed by atoms with E-state index in [1.807, 2.05) is 0 Å². The Kier molecular flexibility index (Phi) is 10.7. The molecule has 4 aliphatic heterocycles. The van der Waals surface area contributed by atoms with Crippen LogP contribution in [0, 0.1) is 20.2 Å². The topological polar surface area (TPSA) is 218 Å². The molecular weight excluding hydrogens is 904 g/mol. The van der Waals surface area contributed by atoms with Gasteiger partial charge in [0, 0.05) is 53.6 Å². The van der Waals surface area contributed by atoms with Gasteiger partial charge >= 0.3 is 5.97 Å². The van der Waals surface area contributed by atoms with Crippen LogP contribution in [-0.2, 0) is 4.79 Å². The van der Waals surface area contributed by atoms with E-state index in [0.717, 1.165) is 11.6 Å². The predicted octanol–water partition coefficient (Wildman–Crippen LogP) is 7.06. The summed E-state index contributed by atoms with van der Waals surface area (Å²) < 4.78 is 21.6. The molecule has 304 valence electrons. The lowest BCUT2D eigenvalue weighted by atomic mass is 9.79. The van der Waals surface area contributed by atoms with Crippen LogP contribution in [0.4, 0.5) is 11.4 Å². The number of non-ortho nitro benzene ring substituents is 2. The van der Waals surface area contributed by atoms with E-state index in [-0.39, 0.29) is 59.9 Å². The molecule has 0 unspecified atom stereocenters. The molecule has 4 heterocycles. The lowest BCUT2D eigenvalue weighted by Gasteiger charge is -2.40. The molecule has 0 aromatic heterocycles. The number of nitro benzene ring substituents is 2. The summed E-state index contributed by atoms with van der Waals surface area (Å²) in [7, 11) is 0. The smallest absolute Gasteiger partial charge is 0.313 e. The van der Waals surface area contributed by atoms with Gasteiger partial charge in [-0.25, -0.2) is 0 Å². The van der Waals surface area contributed by atoms with Crippen LogP contribution in [0.25, 0.3) is 0 Å². The summed E-state index contributed by atoms with van der Waals surface area (Å²) in [4.78, 5) is 76.7. The molecule has 0 spiro atoms. The molecule has 1 aliphatic carbocycles. The Hall–Kier alpha value is -6.08. The second-order valence-electron chi connectivity index (χ2n) is 14.1. The van der Waals surface area contributed by atoms with Gasteiger partial charge in [0.15, 0.2) is 28.8 Å². The van der Waals surface area contributed by atoms with Gasteiger partial charge in [-0.15, -0.1) is 0 Å². The number of carboxylic acid groups (broad SMARTS) is 1. The minimum absolute atomic E-state index is 0.0446. The normalized spacial score (nSPS) is 20.3. The van der Waals surface area contributed by atoms with Crippen molar-refractivity contribution >= 4 is 66.8 Å². The van der Waals surface area contributed by atoms with Gasteiger partial charge in [-0.05, 0) is 59.4 Å². The molecule has 4 aromatic carbocycles. The Labute approximate surface area is 351 Å². The molecule has 5 aliphatic rings. The third kappa shape index (κ3) is 6.90. The minimum atomic E-state index is -1.12. The number of ether oxygens (including phenoxy) is 4. The van der Waals surface area contributed by atoms with Gasteiger partial charge in [0.1, 0.15) is 5.92 Å². The number of rotatable bonds is 10. The second kappa shape index (κ2) is 15.9. The first kappa shape index (κ1) is 39.7. The van der Waals surface area contributed by atoms with Crippen molar-refractivity contribution in [3.63, 3.8) is 0 Å². The third-order valence-electron chi connectivity index (χ3n) is 10.9. The Morgan fingerprint density at radius 2 is 1.19 bits per heavy atom. The molecule has 9 rings (SSSR count). The predicted molar refractivity (Wildman–Crippen MR) is 213 cm³/mol. The van der Waals surface area contributed by atoms with Crippen LogP contribution in [0.5, 0.6) is 23.0 Å². The summed E-state index contributed by atoms with van der Waals surface area (Å²) in [5.74, 6) is -1.56. The molecule has 0 saturated carbocycles. The first-order valence-electron chi connectivity index (χ1n) is 18.3. The number of carbonyl (C=O) groups is 4. The van der Waals surface area contributed by atoms with Crippen molar-refractivity contribution in [2.24, 2.45) is 0 Å². The van der Waals surface area contributed by atoms with Gasteiger partial charge in [-0.2, -0.15) is 0 Å². The largest absolute Gasteiger partial charge is 0.481 e. The summed E-state index contributed by atoms with van der Waals surface area (Å²) >= 11 is 6.72. The van der Waals surface area contributed by atoms with Crippen molar-refractivity contribution in [3.05, 3.63) is 126 Å². The Bertz CT molecular complexity index is 2460. The highest BCUT2D eigenvalue weighted by molar-refractivity contribution is 9.09. The maximum absolute atomic E-state index is 13.4. The van der Waals surface area contributed by atoms with Gasteiger partial charge in [0.25, 0.3) is 23.2 Å². The molecule has 1 N–H and O–H groups in total. The van der Waals surface area contributed by atoms with E-state index in [4.69, 9.17) is 18.9 Å². The van der Waals surface area contributed by atoms with E-state index in [9.17, 15) is 44.5 Å². The number of hydrogen-bond acceptors (Lipinski definition) is 12. The molecule has 0 bridgehead atoms. The van der Waals surface area contributed by atoms with Gasteiger partial charge in [0.2, 0.25) is 13.6 Å². The van der Waals surface area contributed by atoms with Gasteiger partial charge in [0.05, 0.1) is 39.0 Å². The number of amides is 2. The number of aliphatic carboxylic acids is 1. The number of carboxylic acids is 1. The van der Waals surface area contributed by atoms with Crippen LogP contribution in [0.15, 0.2) is 66.7 Å². The Balaban J connectivity index is 0.000000164. The standard InChI is InChI=1S/C20H17BrN2O7.C20H15BrN2O6/c21-6-1-7-22-18(11-2-5-15-16(8-11)30-10-29-15)17(20(25)26)13-4-3-12(23(27)28)9-14(13)19(22)24;21-4-1-5-22-18-12-7-15-16(29-9-28-15)8-13(12)19(24)17(18)11-3-2-10(23(26)27)6-14(11)20(22)25/h2-5,8-9,17-18H,1,6-7,10H2,(H,25,26);2-3,6-8,17-18H,1,4-5,9H2/t2*17-,18-/m11/s1. The molecule has 2 amide bonds. The highest BCUT2D eigenvalue weighted by atomic mass is 79.9. The van der Waals surface area contributed by atoms with Gasteiger partial charge in [-0.3, -0.25) is 39.4 Å². The van der Waals surface area contributed by atoms with Crippen LogP contribution in [0.2, 0.25) is 0 Å². The summed E-state index contributed by atoms with van der Waals surface area (Å²) in [6.07, 6.45) is 1.27. The third-order valence-corrected chi connectivity index (χ3v) is 12.1. The number of alkyl halides is 2. The van der Waals surface area contributed by atoms with Crippen molar-refractivity contribution in [1.29, 1.82) is 0 Å². The molecule has 4 aromatic rings. The fourth-order valence-corrected chi connectivity index (χ4v) is 8.89. The molecule has 4 atom stereocenters. The fraction of sp³-hybridized carbons (Fsp3) is 0.300.